The highest BCUT2D eigenvalue weighted by molar-refractivity contribution is 6.02. The number of aromatic amines is 1. The summed E-state index contributed by atoms with van der Waals surface area (Å²) in [6, 6.07) is 6.09. The first kappa shape index (κ1) is 10.5. The van der Waals surface area contributed by atoms with Crippen LogP contribution < -0.4 is 0 Å². The molecular formula is C10H6F3NO2. The number of aromatic nitrogens is 1. The largest absolute Gasteiger partial charge is 0.575 e. The molecule has 2 rings (SSSR count). The number of fused-ring (bicyclic) bond motifs is 1. The van der Waals surface area contributed by atoms with Crippen LogP contribution in [0.25, 0.3) is 10.9 Å². The normalized spacial score (nSPS) is 11.7. The Kier molecular flexibility index (Phi) is 2.34. The number of halogens is 3. The maximum absolute atomic E-state index is 11.9. The highest BCUT2D eigenvalue weighted by atomic mass is 19.4. The molecule has 0 aliphatic rings. The van der Waals surface area contributed by atoms with Crippen molar-refractivity contribution < 1.29 is 22.7 Å². The fraction of sp³-hybridized carbons (Fsp3) is 0.100. The van der Waals surface area contributed by atoms with Crippen molar-refractivity contribution in [1.82, 2.24) is 4.98 Å². The number of alkyl halides is 3. The van der Waals surface area contributed by atoms with Gasteiger partial charge in [0, 0.05) is 11.6 Å². The van der Waals surface area contributed by atoms with Crippen molar-refractivity contribution in [3.63, 3.8) is 0 Å². The number of carbonyl (C=O) groups is 1. The second-order valence-electron chi connectivity index (χ2n) is 3.08. The number of rotatable bonds is 1. The van der Waals surface area contributed by atoms with Crippen LogP contribution in [0.4, 0.5) is 13.2 Å². The molecule has 16 heavy (non-hydrogen) atoms. The number of carbonyl (C=O) groups excluding carboxylic acids is 1. The van der Waals surface area contributed by atoms with Crippen molar-refractivity contribution in [2.75, 3.05) is 0 Å². The number of hydrogen-bond donors (Lipinski definition) is 1. The zero-order chi connectivity index (χ0) is 11.8. The van der Waals surface area contributed by atoms with Crippen LogP contribution in [-0.4, -0.2) is 17.3 Å². The average molecular weight is 229 g/mol. The van der Waals surface area contributed by atoms with E-state index in [9.17, 15) is 18.0 Å². The minimum absolute atomic E-state index is 0.139. The lowest BCUT2D eigenvalue weighted by Gasteiger charge is -2.07. The van der Waals surface area contributed by atoms with Gasteiger partial charge in [-0.15, -0.1) is 13.2 Å². The zero-order valence-electron chi connectivity index (χ0n) is 7.84. The molecular weight excluding hydrogens is 223 g/mol. The molecule has 0 aliphatic heterocycles. The van der Waals surface area contributed by atoms with E-state index in [2.05, 4.69) is 9.72 Å². The Balaban J connectivity index is 2.40. The second kappa shape index (κ2) is 3.55. The monoisotopic (exact) mass is 229 g/mol. The first-order valence-electron chi connectivity index (χ1n) is 4.33. The summed E-state index contributed by atoms with van der Waals surface area (Å²) in [6.07, 6.45) is -3.43. The lowest BCUT2D eigenvalue weighted by atomic mass is 10.1. The summed E-state index contributed by atoms with van der Waals surface area (Å²) < 4.78 is 38.9. The van der Waals surface area contributed by atoms with E-state index in [1.807, 2.05) is 0 Å². The molecule has 84 valence electrons. The molecule has 0 amide bonds. The summed E-state index contributed by atoms with van der Waals surface area (Å²) in [5.41, 5.74) is 0.191. The molecule has 1 aromatic carbocycles. The highest BCUT2D eigenvalue weighted by Crippen LogP contribution is 2.22. The lowest BCUT2D eigenvalue weighted by Crippen LogP contribution is -2.19. The number of ether oxygens (including phenoxy) is 1. The predicted octanol–water partition coefficient (Wildman–Crippen LogP) is 2.84. The predicted molar refractivity (Wildman–Crippen MR) is 49.8 cm³/mol. The molecule has 0 bridgehead atoms. The van der Waals surface area contributed by atoms with Crippen LogP contribution in [0.3, 0.4) is 0 Å². The molecule has 0 radical (unpaired) electrons. The third-order valence-corrected chi connectivity index (χ3v) is 2.02. The maximum Gasteiger partial charge on any atom is 0.575 e. The van der Waals surface area contributed by atoms with E-state index in [0.29, 0.717) is 10.9 Å². The van der Waals surface area contributed by atoms with Crippen molar-refractivity contribution in [1.29, 1.82) is 0 Å². The highest BCUT2D eigenvalue weighted by Gasteiger charge is 2.34. The van der Waals surface area contributed by atoms with Gasteiger partial charge in [-0.3, -0.25) is 0 Å². The van der Waals surface area contributed by atoms with Crippen LogP contribution >= 0.6 is 0 Å². The minimum atomic E-state index is -4.97. The van der Waals surface area contributed by atoms with Gasteiger partial charge in [0.15, 0.2) is 0 Å². The lowest BCUT2D eigenvalue weighted by molar-refractivity contribution is -0.291. The maximum atomic E-state index is 11.9. The van der Waals surface area contributed by atoms with Crippen LogP contribution in [0.15, 0.2) is 30.5 Å². The average Bonchev–Trinajstić information content (AvgIpc) is 2.61. The molecule has 6 heteroatoms. The third kappa shape index (κ3) is 2.00. The molecule has 0 saturated heterocycles. The van der Waals surface area contributed by atoms with Crippen LogP contribution in [0.1, 0.15) is 10.4 Å². The van der Waals surface area contributed by atoms with Gasteiger partial charge in [0.1, 0.15) is 0 Å². The summed E-state index contributed by atoms with van der Waals surface area (Å²) in [7, 11) is 0. The summed E-state index contributed by atoms with van der Waals surface area (Å²) in [6.45, 7) is 0. The topological polar surface area (TPSA) is 42.1 Å². The van der Waals surface area contributed by atoms with E-state index >= 15 is 0 Å². The third-order valence-electron chi connectivity index (χ3n) is 2.02. The van der Waals surface area contributed by atoms with Gasteiger partial charge in [0.2, 0.25) is 0 Å². The number of benzene rings is 1. The van der Waals surface area contributed by atoms with Crippen LogP contribution in [0.2, 0.25) is 0 Å². The quantitative estimate of drug-likeness (QED) is 0.764. The van der Waals surface area contributed by atoms with Crippen molar-refractivity contribution in [3.8, 4) is 0 Å². The van der Waals surface area contributed by atoms with Crippen LogP contribution in [0, 0.1) is 0 Å². The molecule has 0 atom stereocenters. The summed E-state index contributed by atoms with van der Waals surface area (Å²) in [5, 5.41) is 0.650. The second-order valence-corrected chi connectivity index (χ2v) is 3.08. The standard InChI is InChI=1S/C10H6F3NO2/c11-10(12,13)16-9(15)7-3-1-2-6-4-5-14-8(6)7/h1-5,14H. The molecule has 0 spiro atoms. The number of nitrogens with one attached hydrogen (secondary N) is 1. The SMILES string of the molecule is O=C(OC(F)(F)F)c1cccc2cc[nH]c12. The Morgan fingerprint density at radius 2 is 2.00 bits per heavy atom. The molecule has 0 unspecified atom stereocenters. The van der Waals surface area contributed by atoms with Gasteiger partial charge in [-0.25, -0.2) is 4.79 Å². The first-order valence-corrected chi connectivity index (χ1v) is 4.33. The number of hydrogen-bond acceptors (Lipinski definition) is 2. The Labute approximate surface area is 87.8 Å². The Morgan fingerprint density at radius 3 is 2.69 bits per heavy atom. The van der Waals surface area contributed by atoms with Crippen LogP contribution in [-0.2, 0) is 4.74 Å². The molecule has 0 fully saturated rings. The molecule has 1 N–H and O–H groups in total. The molecule has 0 saturated carbocycles. The van der Waals surface area contributed by atoms with Crippen molar-refractivity contribution in [2.45, 2.75) is 6.36 Å². The zero-order valence-corrected chi connectivity index (χ0v) is 7.84. The van der Waals surface area contributed by atoms with E-state index in [0.717, 1.165) is 0 Å². The number of para-hydroxylation sites is 1. The van der Waals surface area contributed by atoms with Gasteiger partial charge in [-0.05, 0) is 12.1 Å². The summed E-state index contributed by atoms with van der Waals surface area (Å²) >= 11 is 0. The van der Waals surface area contributed by atoms with Gasteiger partial charge in [-0.2, -0.15) is 0 Å². The summed E-state index contributed by atoms with van der Waals surface area (Å²) in [5.74, 6) is -1.42. The van der Waals surface area contributed by atoms with Gasteiger partial charge >= 0.3 is 12.3 Å². The number of esters is 1. The molecule has 1 heterocycles. The van der Waals surface area contributed by atoms with Gasteiger partial charge < -0.3 is 9.72 Å². The Hall–Kier alpha value is -1.98. The first-order chi connectivity index (χ1) is 7.47. The van der Waals surface area contributed by atoms with Crippen molar-refractivity contribution in [3.05, 3.63) is 36.0 Å². The van der Waals surface area contributed by atoms with E-state index in [4.69, 9.17) is 0 Å². The Bertz CT molecular complexity index is 530. The molecule has 2 aromatic rings. The van der Waals surface area contributed by atoms with Gasteiger partial charge in [-0.1, -0.05) is 12.1 Å². The van der Waals surface area contributed by atoms with E-state index in [-0.39, 0.29) is 5.56 Å². The van der Waals surface area contributed by atoms with E-state index in [1.54, 1.807) is 12.1 Å². The fourth-order valence-electron chi connectivity index (χ4n) is 1.42. The molecule has 0 aliphatic carbocycles. The molecule has 3 nitrogen and oxygen atoms in total. The Morgan fingerprint density at radius 1 is 1.25 bits per heavy atom. The smallest absolute Gasteiger partial charge is 0.369 e. The minimum Gasteiger partial charge on any atom is -0.369 e. The van der Waals surface area contributed by atoms with Crippen molar-refractivity contribution in [2.24, 2.45) is 0 Å². The van der Waals surface area contributed by atoms with E-state index < -0.39 is 12.3 Å². The van der Waals surface area contributed by atoms with Gasteiger partial charge in [0.25, 0.3) is 0 Å². The number of H-pyrrole nitrogens is 1. The molecule has 1 aromatic heterocycles. The van der Waals surface area contributed by atoms with Gasteiger partial charge in [0.05, 0.1) is 11.1 Å². The fourth-order valence-corrected chi connectivity index (χ4v) is 1.42. The summed E-state index contributed by atoms with van der Waals surface area (Å²) in [4.78, 5) is 13.9. The van der Waals surface area contributed by atoms with Crippen molar-refractivity contribution >= 4 is 16.9 Å². The van der Waals surface area contributed by atoms with Crippen LogP contribution in [0.5, 0.6) is 0 Å². The van der Waals surface area contributed by atoms with E-state index in [1.165, 1.54) is 18.3 Å².